The predicted molar refractivity (Wildman–Crippen MR) is 92.9 cm³/mol. The van der Waals surface area contributed by atoms with Crippen molar-refractivity contribution >= 4 is 17.4 Å². The smallest absolute Gasteiger partial charge is 0.0420 e. The summed E-state index contributed by atoms with van der Waals surface area (Å²) in [5.41, 5.74) is 8.72. The van der Waals surface area contributed by atoms with Gasteiger partial charge in [-0.1, -0.05) is 19.4 Å². The number of rotatable bonds is 6. The second kappa shape index (κ2) is 6.62. The second-order valence-corrected chi connectivity index (χ2v) is 8.01. The molecule has 2 aliphatic rings. The zero-order chi connectivity index (χ0) is 14.8. The van der Waals surface area contributed by atoms with Gasteiger partial charge in [0.2, 0.25) is 0 Å². The molecular formula is C18H28N2S. The van der Waals surface area contributed by atoms with Crippen LogP contribution in [-0.2, 0) is 6.54 Å². The van der Waals surface area contributed by atoms with Crippen LogP contribution in [0.15, 0.2) is 23.1 Å². The molecule has 0 heterocycles. The van der Waals surface area contributed by atoms with Gasteiger partial charge in [-0.25, -0.2) is 0 Å². The van der Waals surface area contributed by atoms with E-state index in [1.807, 2.05) is 11.8 Å². The van der Waals surface area contributed by atoms with E-state index < -0.39 is 0 Å². The Kier molecular flexibility index (Phi) is 4.80. The second-order valence-electron chi connectivity index (χ2n) is 6.71. The van der Waals surface area contributed by atoms with Crippen LogP contribution >= 0.6 is 11.8 Å². The van der Waals surface area contributed by atoms with Gasteiger partial charge in [-0.3, -0.25) is 0 Å². The molecule has 0 amide bonds. The molecule has 1 aromatic carbocycles. The number of anilines is 1. The fourth-order valence-electron chi connectivity index (χ4n) is 4.46. The van der Waals surface area contributed by atoms with Gasteiger partial charge in [0.05, 0.1) is 0 Å². The van der Waals surface area contributed by atoms with E-state index in [0.717, 1.165) is 23.5 Å². The molecule has 2 aliphatic carbocycles. The van der Waals surface area contributed by atoms with Gasteiger partial charge in [-0.2, -0.15) is 0 Å². The zero-order valence-corrected chi connectivity index (χ0v) is 14.2. The maximum atomic E-state index is 6.05. The van der Waals surface area contributed by atoms with Crippen LogP contribution in [-0.4, -0.2) is 19.3 Å². The first-order chi connectivity index (χ1) is 10.2. The number of hydrogen-bond donors (Lipinski definition) is 1. The summed E-state index contributed by atoms with van der Waals surface area (Å²) in [5.74, 6) is 4.03. The Morgan fingerprint density at radius 2 is 2.14 bits per heavy atom. The number of thioether (sulfide) groups is 1. The Morgan fingerprint density at radius 3 is 2.76 bits per heavy atom. The lowest BCUT2D eigenvalue weighted by Gasteiger charge is -2.30. The molecule has 0 saturated heterocycles. The first-order valence-electron chi connectivity index (χ1n) is 8.38. The van der Waals surface area contributed by atoms with Gasteiger partial charge in [0, 0.05) is 36.3 Å². The Morgan fingerprint density at radius 1 is 1.29 bits per heavy atom. The number of fused-ring (bicyclic) bond motifs is 2. The monoisotopic (exact) mass is 304 g/mol. The van der Waals surface area contributed by atoms with Crippen LogP contribution in [0.1, 0.15) is 38.2 Å². The minimum atomic E-state index is 0.638. The van der Waals surface area contributed by atoms with Crippen LogP contribution in [0, 0.1) is 17.8 Å². The predicted octanol–water partition coefficient (Wildman–Crippen LogP) is 4.13. The van der Waals surface area contributed by atoms with E-state index in [1.165, 1.54) is 48.4 Å². The third kappa shape index (κ3) is 3.09. The van der Waals surface area contributed by atoms with Gasteiger partial charge in [0.15, 0.2) is 0 Å². The molecule has 2 bridgehead atoms. The third-order valence-electron chi connectivity index (χ3n) is 5.42. The molecule has 2 N–H and O–H groups in total. The Hall–Kier alpha value is -0.670. The average molecular weight is 305 g/mol. The molecule has 3 unspecified atom stereocenters. The van der Waals surface area contributed by atoms with E-state index in [9.17, 15) is 0 Å². The normalized spacial score (nSPS) is 27.3. The van der Waals surface area contributed by atoms with Crippen LogP contribution in [0.4, 0.5) is 5.69 Å². The van der Waals surface area contributed by atoms with Crippen LogP contribution in [0.5, 0.6) is 0 Å². The van der Waals surface area contributed by atoms with Crippen LogP contribution in [0.3, 0.4) is 0 Å². The Bertz CT molecular complexity index is 488. The summed E-state index contributed by atoms with van der Waals surface area (Å²) >= 11 is 1.91. The van der Waals surface area contributed by atoms with Crippen molar-refractivity contribution in [1.29, 1.82) is 0 Å². The summed E-state index contributed by atoms with van der Waals surface area (Å²) in [7, 11) is 2.25. The molecule has 0 aromatic heterocycles. The van der Waals surface area contributed by atoms with Crippen molar-refractivity contribution in [1.82, 2.24) is 0 Å². The fourth-order valence-corrected chi connectivity index (χ4v) is 5.31. The van der Waals surface area contributed by atoms with Crippen molar-refractivity contribution < 1.29 is 0 Å². The van der Waals surface area contributed by atoms with E-state index in [4.69, 9.17) is 5.73 Å². The van der Waals surface area contributed by atoms with Crippen molar-refractivity contribution in [2.75, 3.05) is 24.2 Å². The lowest BCUT2D eigenvalue weighted by Crippen LogP contribution is -2.29. The highest BCUT2D eigenvalue weighted by Crippen LogP contribution is 2.48. The molecule has 116 valence electrons. The molecule has 1 aromatic rings. The maximum absolute atomic E-state index is 6.05. The lowest BCUT2D eigenvalue weighted by molar-refractivity contribution is 0.337. The number of benzene rings is 1. The Balaban J connectivity index is 1.74. The van der Waals surface area contributed by atoms with Crippen molar-refractivity contribution in [3.8, 4) is 0 Å². The molecule has 21 heavy (non-hydrogen) atoms. The molecule has 3 rings (SSSR count). The summed E-state index contributed by atoms with van der Waals surface area (Å²) < 4.78 is 0. The molecule has 3 atom stereocenters. The summed E-state index contributed by atoms with van der Waals surface area (Å²) in [6, 6.07) is 6.64. The van der Waals surface area contributed by atoms with Crippen LogP contribution in [0.2, 0.25) is 0 Å². The highest BCUT2D eigenvalue weighted by molar-refractivity contribution is 7.99. The average Bonchev–Trinajstić information content (AvgIpc) is 3.10. The molecule has 0 aliphatic heterocycles. The van der Waals surface area contributed by atoms with E-state index in [0.29, 0.717) is 6.54 Å². The fraction of sp³-hybridized carbons (Fsp3) is 0.667. The molecule has 0 spiro atoms. The zero-order valence-electron chi connectivity index (χ0n) is 13.3. The summed E-state index contributed by atoms with van der Waals surface area (Å²) in [6.07, 6.45) is 5.91. The molecule has 2 nitrogen and oxygen atoms in total. The third-order valence-corrected chi connectivity index (χ3v) is 6.40. The molecule has 2 fully saturated rings. The van der Waals surface area contributed by atoms with Gasteiger partial charge in [0.25, 0.3) is 0 Å². The van der Waals surface area contributed by atoms with Crippen molar-refractivity contribution in [2.24, 2.45) is 23.5 Å². The van der Waals surface area contributed by atoms with E-state index in [1.54, 1.807) is 0 Å². The van der Waals surface area contributed by atoms with Crippen molar-refractivity contribution in [2.45, 2.75) is 44.0 Å². The largest absolute Gasteiger partial charge is 0.374 e. The van der Waals surface area contributed by atoms with Gasteiger partial charge in [-0.05, 0) is 54.9 Å². The molecule has 2 saturated carbocycles. The highest BCUT2D eigenvalue weighted by Gasteiger charge is 2.39. The Labute approximate surface area is 133 Å². The highest BCUT2D eigenvalue weighted by atomic mass is 32.2. The summed E-state index contributed by atoms with van der Waals surface area (Å²) in [6.45, 7) is 4.05. The van der Waals surface area contributed by atoms with E-state index >= 15 is 0 Å². The van der Waals surface area contributed by atoms with Crippen LogP contribution < -0.4 is 10.6 Å². The first-order valence-corrected chi connectivity index (χ1v) is 9.37. The number of hydrogen-bond acceptors (Lipinski definition) is 3. The minimum Gasteiger partial charge on any atom is -0.374 e. The van der Waals surface area contributed by atoms with Gasteiger partial charge >= 0.3 is 0 Å². The van der Waals surface area contributed by atoms with E-state index in [-0.39, 0.29) is 0 Å². The van der Waals surface area contributed by atoms with Crippen LogP contribution in [0.25, 0.3) is 0 Å². The molecule has 0 radical (unpaired) electrons. The number of nitrogens with zero attached hydrogens (tertiary/aromatic N) is 1. The molecular weight excluding hydrogens is 276 g/mol. The maximum Gasteiger partial charge on any atom is 0.0420 e. The minimum absolute atomic E-state index is 0.638. The van der Waals surface area contributed by atoms with Gasteiger partial charge in [-0.15, -0.1) is 11.8 Å². The lowest BCUT2D eigenvalue weighted by atomic mass is 9.88. The summed E-state index contributed by atoms with van der Waals surface area (Å²) in [5, 5.41) is 0. The van der Waals surface area contributed by atoms with Gasteiger partial charge < -0.3 is 10.6 Å². The van der Waals surface area contributed by atoms with Gasteiger partial charge in [0.1, 0.15) is 0 Å². The SMILES string of the molecule is CCSc1cccc(N(C)CC2CC3CCC2C3)c1CN. The molecule has 3 heteroatoms. The standard InChI is InChI=1S/C18H28N2S/c1-3-21-18-6-4-5-17(16(18)11-19)20(2)12-15-10-13-7-8-14(15)9-13/h4-6,13-15H,3,7-12,19H2,1-2H3. The van der Waals surface area contributed by atoms with E-state index in [2.05, 4.69) is 37.1 Å². The quantitative estimate of drug-likeness (QED) is 0.801. The van der Waals surface area contributed by atoms with Crippen molar-refractivity contribution in [3.63, 3.8) is 0 Å². The first kappa shape index (κ1) is 15.2. The van der Waals surface area contributed by atoms with Crippen molar-refractivity contribution in [3.05, 3.63) is 23.8 Å². The number of nitrogens with two attached hydrogens (primary N) is 1. The summed E-state index contributed by atoms with van der Waals surface area (Å²) in [4.78, 5) is 3.82. The topological polar surface area (TPSA) is 29.3 Å².